The summed E-state index contributed by atoms with van der Waals surface area (Å²) in [5.41, 5.74) is 2.89. The lowest BCUT2D eigenvalue weighted by atomic mass is 10.2. The minimum Gasteiger partial charge on any atom is -0.306 e. The smallest absolute Gasteiger partial charge is 0.263 e. The molecule has 0 atom stereocenters. The van der Waals surface area contributed by atoms with Gasteiger partial charge in [0.2, 0.25) is 5.91 Å². The Hall–Kier alpha value is -3.25. The molecule has 0 spiro atoms. The predicted octanol–water partition coefficient (Wildman–Crippen LogP) is 4.49. The van der Waals surface area contributed by atoms with E-state index in [1.54, 1.807) is 16.2 Å². The zero-order chi connectivity index (χ0) is 21.4. The van der Waals surface area contributed by atoms with E-state index in [2.05, 4.69) is 4.98 Å². The molecule has 0 radical (unpaired) electrons. The van der Waals surface area contributed by atoms with Crippen LogP contribution in [0.2, 0.25) is 0 Å². The summed E-state index contributed by atoms with van der Waals surface area (Å²) in [4.78, 5) is 35.4. The molecule has 0 bridgehead atoms. The average Bonchev–Trinajstić information content (AvgIpc) is 3.37. The first kappa shape index (κ1) is 19.7. The number of hydrogen-bond donors (Lipinski definition) is 0. The van der Waals surface area contributed by atoms with Crippen LogP contribution in [-0.4, -0.2) is 15.5 Å². The maximum absolute atomic E-state index is 13.5. The van der Waals surface area contributed by atoms with Gasteiger partial charge in [0.1, 0.15) is 17.2 Å². The third-order valence-corrected chi connectivity index (χ3v) is 7.05. The number of para-hydroxylation sites is 1. The molecule has 0 fully saturated rings. The molecule has 0 saturated heterocycles. The number of hydrogen-bond acceptors (Lipinski definition) is 4. The van der Waals surface area contributed by atoms with Crippen molar-refractivity contribution in [2.24, 2.45) is 0 Å². The number of anilines is 1. The van der Waals surface area contributed by atoms with Crippen LogP contribution in [0.3, 0.4) is 0 Å². The molecule has 2 aromatic carbocycles. The summed E-state index contributed by atoms with van der Waals surface area (Å²) in [6, 6.07) is 19.5. The van der Waals surface area contributed by atoms with E-state index >= 15 is 0 Å². The van der Waals surface area contributed by atoms with Crippen molar-refractivity contribution in [2.75, 3.05) is 4.90 Å². The zero-order valence-electron chi connectivity index (χ0n) is 17.4. The van der Waals surface area contributed by atoms with Gasteiger partial charge in [0, 0.05) is 10.6 Å². The summed E-state index contributed by atoms with van der Waals surface area (Å²) in [6.07, 6.45) is 3.03. The van der Waals surface area contributed by atoms with Gasteiger partial charge in [-0.05, 0) is 49.4 Å². The van der Waals surface area contributed by atoms with Crippen LogP contribution < -0.4 is 10.5 Å². The van der Waals surface area contributed by atoms with Crippen LogP contribution in [0.25, 0.3) is 10.2 Å². The maximum Gasteiger partial charge on any atom is 0.263 e. The molecule has 0 N–H and O–H groups in total. The van der Waals surface area contributed by atoms with Gasteiger partial charge < -0.3 is 4.90 Å². The van der Waals surface area contributed by atoms with Gasteiger partial charge in [-0.3, -0.25) is 14.2 Å². The number of nitrogens with zero attached hydrogens (tertiary/aromatic N) is 3. The zero-order valence-corrected chi connectivity index (χ0v) is 18.2. The lowest BCUT2D eigenvalue weighted by molar-refractivity contribution is -0.119. The summed E-state index contributed by atoms with van der Waals surface area (Å²) in [5, 5.41) is 0.713. The van der Waals surface area contributed by atoms with Crippen LogP contribution in [0.5, 0.6) is 0 Å². The Morgan fingerprint density at radius 1 is 1.06 bits per heavy atom. The second-order valence-corrected chi connectivity index (χ2v) is 8.97. The molecular formula is C25H23N3O2S. The number of fused-ring (bicyclic) bond motifs is 3. The van der Waals surface area contributed by atoms with E-state index in [-0.39, 0.29) is 18.0 Å². The first-order valence-corrected chi connectivity index (χ1v) is 11.3. The van der Waals surface area contributed by atoms with E-state index in [1.807, 2.05) is 67.6 Å². The van der Waals surface area contributed by atoms with Crippen LogP contribution >= 0.6 is 11.3 Å². The van der Waals surface area contributed by atoms with Crippen LogP contribution in [0.4, 0.5) is 5.69 Å². The highest BCUT2D eigenvalue weighted by Gasteiger charge is 2.24. The SMILES string of the molecule is Cc1nc2sc3c(c2c(=O)n1CC(=O)N(Cc1ccccc1)c1ccccc1)CCC3. The lowest BCUT2D eigenvalue weighted by Crippen LogP contribution is -2.37. The molecule has 4 aromatic rings. The normalized spacial score (nSPS) is 12.8. The van der Waals surface area contributed by atoms with E-state index < -0.39 is 0 Å². The van der Waals surface area contributed by atoms with Gasteiger partial charge in [0.15, 0.2) is 0 Å². The summed E-state index contributed by atoms with van der Waals surface area (Å²) in [6.45, 7) is 2.23. The third kappa shape index (κ3) is 3.68. The molecule has 1 aliphatic rings. The average molecular weight is 430 g/mol. The highest BCUT2D eigenvalue weighted by Crippen LogP contribution is 2.34. The standard InChI is InChI=1S/C25H23N3O2S/c1-17-26-24-23(20-13-8-14-21(20)31-24)25(30)27(17)16-22(29)28(19-11-6-3-7-12-19)15-18-9-4-2-5-10-18/h2-7,9-12H,8,13-16H2,1H3. The highest BCUT2D eigenvalue weighted by molar-refractivity contribution is 7.18. The number of thiophene rings is 1. The first-order valence-electron chi connectivity index (χ1n) is 10.5. The lowest BCUT2D eigenvalue weighted by Gasteiger charge is -2.24. The Balaban J connectivity index is 1.52. The van der Waals surface area contributed by atoms with Crippen molar-refractivity contribution in [1.82, 2.24) is 9.55 Å². The van der Waals surface area contributed by atoms with Crippen molar-refractivity contribution in [1.29, 1.82) is 0 Å². The van der Waals surface area contributed by atoms with E-state index in [0.29, 0.717) is 17.8 Å². The largest absolute Gasteiger partial charge is 0.306 e. The van der Waals surface area contributed by atoms with Crippen molar-refractivity contribution in [3.63, 3.8) is 0 Å². The second-order valence-electron chi connectivity index (χ2n) is 7.89. The summed E-state index contributed by atoms with van der Waals surface area (Å²) in [5.74, 6) is 0.451. The number of benzene rings is 2. The molecule has 5 nitrogen and oxygen atoms in total. The maximum atomic E-state index is 13.5. The van der Waals surface area contributed by atoms with Crippen LogP contribution in [0.15, 0.2) is 65.5 Å². The number of aromatic nitrogens is 2. The number of rotatable bonds is 5. The molecule has 1 aliphatic carbocycles. The fourth-order valence-electron chi connectivity index (χ4n) is 4.28. The fourth-order valence-corrected chi connectivity index (χ4v) is 5.58. The van der Waals surface area contributed by atoms with E-state index in [1.165, 1.54) is 9.44 Å². The number of amides is 1. The monoisotopic (exact) mass is 429 g/mol. The minimum absolute atomic E-state index is 0.0278. The van der Waals surface area contributed by atoms with Gasteiger partial charge in [-0.2, -0.15) is 0 Å². The van der Waals surface area contributed by atoms with Crippen LogP contribution in [0, 0.1) is 6.92 Å². The van der Waals surface area contributed by atoms with Crippen molar-refractivity contribution in [2.45, 2.75) is 39.3 Å². The van der Waals surface area contributed by atoms with Gasteiger partial charge in [-0.15, -0.1) is 11.3 Å². The van der Waals surface area contributed by atoms with Gasteiger partial charge in [-0.25, -0.2) is 4.98 Å². The van der Waals surface area contributed by atoms with Crippen molar-refractivity contribution in [3.05, 3.63) is 92.8 Å². The second kappa shape index (κ2) is 8.12. The molecule has 0 saturated carbocycles. The molecule has 0 aliphatic heterocycles. The minimum atomic E-state index is -0.131. The van der Waals surface area contributed by atoms with Gasteiger partial charge in [0.05, 0.1) is 11.9 Å². The van der Waals surface area contributed by atoms with E-state index in [0.717, 1.165) is 40.9 Å². The Kier molecular flexibility index (Phi) is 5.16. The fraction of sp³-hybridized carbons (Fsp3) is 0.240. The van der Waals surface area contributed by atoms with Gasteiger partial charge in [-0.1, -0.05) is 48.5 Å². The molecule has 6 heteroatoms. The molecule has 2 heterocycles. The van der Waals surface area contributed by atoms with Crippen LogP contribution in [-0.2, 0) is 30.7 Å². The number of carbonyl (C=O) groups is 1. The molecular weight excluding hydrogens is 406 g/mol. The quantitative estimate of drug-likeness (QED) is 0.470. The van der Waals surface area contributed by atoms with E-state index in [4.69, 9.17) is 0 Å². The Morgan fingerprint density at radius 3 is 2.52 bits per heavy atom. The van der Waals surface area contributed by atoms with Crippen molar-refractivity contribution < 1.29 is 4.79 Å². The first-order chi connectivity index (χ1) is 15.1. The Labute approximate surface area is 184 Å². The molecule has 0 unspecified atom stereocenters. The van der Waals surface area contributed by atoms with Gasteiger partial charge in [0.25, 0.3) is 5.56 Å². The summed E-state index contributed by atoms with van der Waals surface area (Å²) in [7, 11) is 0. The topological polar surface area (TPSA) is 55.2 Å². The van der Waals surface area contributed by atoms with E-state index in [9.17, 15) is 9.59 Å². The number of carbonyl (C=O) groups excluding carboxylic acids is 1. The van der Waals surface area contributed by atoms with Crippen molar-refractivity contribution in [3.8, 4) is 0 Å². The highest BCUT2D eigenvalue weighted by atomic mass is 32.1. The Bertz CT molecular complexity index is 1310. The molecule has 1 amide bonds. The third-order valence-electron chi connectivity index (χ3n) is 5.86. The summed E-state index contributed by atoms with van der Waals surface area (Å²) < 4.78 is 1.54. The Morgan fingerprint density at radius 2 is 1.77 bits per heavy atom. The van der Waals surface area contributed by atoms with Crippen LogP contribution in [0.1, 0.15) is 28.2 Å². The van der Waals surface area contributed by atoms with Gasteiger partial charge >= 0.3 is 0 Å². The number of aryl methyl sites for hydroxylation is 3. The molecule has 156 valence electrons. The predicted molar refractivity (Wildman–Crippen MR) is 125 cm³/mol. The van der Waals surface area contributed by atoms with Crippen molar-refractivity contribution >= 4 is 33.1 Å². The summed E-state index contributed by atoms with van der Waals surface area (Å²) >= 11 is 1.63. The molecule has 5 rings (SSSR count). The molecule has 31 heavy (non-hydrogen) atoms. The molecule has 2 aromatic heterocycles.